The molecule has 0 amide bonds. The van der Waals surface area contributed by atoms with Crippen molar-refractivity contribution in [2.75, 3.05) is 26.9 Å². The Balaban J connectivity index is 0.00000298. The second-order valence-electron chi connectivity index (χ2n) is 7.35. The standard InChI is InChI=1S/C24H32Cl2N2O4S.C2H6/c1-6-30-21-9-8-16(12-22(21)31-7-2)24(28-5)33-15(4)17-10-18(25)23(19(26)11-17)32-13-20(27)14(3)29;1-2/h8-12,14-15,20,29H,6-7,13,27H2,1-5H3;1-2H3/t14-,15?,20+;/m1./s1. The van der Waals surface area contributed by atoms with Crippen LogP contribution in [-0.2, 0) is 0 Å². The number of hydrogen-bond donors (Lipinski definition) is 2. The summed E-state index contributed by atoms with van der Waals surface area (Å²) < 4.78 is 17.1. The van der Waals surface area contributed by atoms with E-state index in [1.54, 1.807) is 25.7 Å². The number of thioether (sulfide) groups is 1. The lowest BCUT2D eigenvalue weighted by Crippen LogP contribution is -2.38. The minimum atomic E-state index is -0.698. The Morgan fingerprint density at radius 3 is 2.09 bits per heavy atom. The van der Waals surface area contributed by atoms with Gasteiger partial charge in [0.05, 0.1) is 40.4 Å². The summed E-state index contributed by atoms with van der Waals surface area (Å²) in [6.45, 7) is 12.7. The van der Waals surface area contributed by atoms with Crippen LogP contribution in [0.4, 0.5) is 0 Å². The van der Waals surface area contributed by atoms with E-state index >= 15 is 0 Å². The number of rotatable bonds is 11. The van der Waals surface area contributed by atoms with Crippen molar-refractivity contribution in [1.29, 1.82) is 0 Å². The molecule has 0 spiro atoms. The van der Waals surface area contributed by atoms with E-state index in [9.17, 15) is 5.11 Å². The third-order valence-electron chi connectivity index (χ3n) is 4.81. The molecule has 0 bridgehead atoms. The number of aliphatic imine (C=N–C) groups is 1. The number of halogens is 2. The Kier molecular flexibility index (Phi) is 14.5. The fraction of sp³-hybridized carbons (Fsp3) is 0.500. The molecule has 0 aromatic heterocycles. The van der Waals surface area contributed by atoms with E-state index < -0.39 is 12.1 Å². The minimum absolute atomic E-state index is 0.00887. The normalized spacial score (nSPS) is 13.9. The highest BCUT2D eigenvalue weighted by atomic mass is 35.5. The topological polar surface area (TPSA) is 86.3 Å². The molecule has 3 N–H and O–H groups in total. The van der Waals surface area contributed by atoms with Crippen LogP contribution in [0, 0.1) is 0 Å². The maximum atomic E-state index is 9.54. The van der Waals surface area contributed by atoms with E-state index in [4.69, 9.17) is 43.1 Å². The lowest BCUT2D eigenvalue weighted by Gasteiger charge is -2.19. The summed E-state index contributed by atoms with van der Waals surface area (Å²) in [6, 6.07) is 8.93. The predicted molar refractivity (Wildman–Crippen MR) is 150 cm³/mol. The molecule has 0 heterocycles. The average molecular weight is 546 g/mol. The van der Waals surface area contributed by atoms with Crippen LogP contribution in [-0.4, -0.2) is 49.2 Å². The van der Waals surface area contributed by atoms with Gasteiger partial charge in [-0.2, -0.15) is 0 Å². The number of nitrogens with two attached hydrogens (primary N) is 1. The summed E-state index contributed by atoms with van der Waals surface area (Å²) in [5.41, 5.74) is 7.69. The summed E-state index contributed by atoms with van der Waals surface area (Å²) >= 11 is 14.5. The van der Waals surface area contributed by atoms with Gasteiger partial charge in [0.1, 0.15) is 6.61 Å². The molecule has 1 unspecified atom stereocenters. The Hall–Kier alpha value is -1.64. The van der Waals surface area contributed by atoms with Gasteiger partial charge in [-0.3, -0.25) is 4.99 Å². The summed E-state index contributed by atoms with van der Waals surface area (Å²) in [4.78, 5) is 4.48. The van der Waals surface area contributed by atoms with E-state index in [-0.39, 0.29) is 11.9 Å². The van der Waals surface area contributed by atoms with Crippen molar-refractivity contribution in [3.63, 3.8) is 0 Å². The van der Waals surface area contributed by atoms with Gasteiger partial charge < -0.3 is 25.1 Å². The molecule has 6 nitrogen and oxygen atoms in total. The van der Waals surface area contributed by atoms with Crippen LogP contribution in [0.3, 0.4) is 0 Å². The maximum Gasteiger partial charge on any atom is 0.161 e. The molecule has 0 saturated heterocycles. The lowest BCUT2D eigenvalue weighted by atomic mass is 10.1. The molecule has 2 aromatic rings. The average Bonchev–Trinajstić information content (AvgIpc) is 2.84. The second kappa shape index (κ2) is 16.2. The van der Waals surface area contributed by atoms with Crippen LogP contribution in [0.1, 0.15) is 57.9 Å². The first-order valence-corrected chi connectivity index (χ1v) is 13.4. The SMILES string of the molecule is CC.CCOc1ccc(C(=NC)SC(C)c2cc(Cl)c(OC[C@H](N)[C@@H](C)O)c(Cl)c2)cc1OCC. The van der Waals surface area contributed by atoms with Crippen molar-refractivity contribution in [3.05, 3.63) is 51.5 Å². The quantitative estimate of drug-likeness (QED) is 0.239. The van der Waals surface area contributed by atoms with Crippen LogP contribution in [0.15, 0.2) is 35.3 Å². The second-order valence-corrected chi connectivity index (χ2v) is 9.49. The highest BCUT2D eigenvalue weighted by Crippen LogP contribution is 2.40. The van der Waals surface area contributed by atoms with Gasteiger partial charge in [-0.15, -0.1) is 0 Å². The maximum absolute atomic E-state index is 9.54. The molecule has 0 radical (unpaired) electrons. The van der Waals surface area contributed by atoms with Gasteiger partial charge in [0.15, 0.2) is 17.2 Å². The summed E-state index contributed by atoms with van der Waals surface area (Å²) in [6.07, 6.45) is -0.698. The third kappa shape index (κ3) is 9.39. The largest absolute Gasteiger partial charge is 0.490 e. The molecule has 2 aromatic carbocycles. The highest BCUT2D eigenvalue weighted by molar-refractivity contribution is 8.14. The van der Waals surface area contributed by atoms with Gasteiger partial charge in [0, 0.05) is 17.9 Å². The molecule has 3 atom stereocenters. The smallest absolute Gasteiger partial charge is 0.161 e. The van der Waals surface area contributed by atoms with Crippen LogP contribution in [0.25, 0.3) is 0 Å². The van der Waals surface area contributed by atoms with Crippen molar-refractivity contribution < 1.29 is 19.3 Å². The first-order chi connectivity index (χ1) is 16.7. The first-order valence-electron chi connectivity index (χ1n) is 11.8. The van der Waals surface area contributed by atoms with Crippen LogP contribution < -0.4 is 19.9 Å². The Bertz CT molecular complexity index is 934. The summed E-state index contributed by atoms with van der Waals surface area (Å²) in [7, 11) is 1.76. The van der Waals surface area contributed by atoms with Gasteiger partial charge in [-0.05, 0) is 63.6 Å². The van der Waals surface area contributed by atoms with Gasteiger partial charge in [-0.1, -0.05) is 48.8 Å². The number of aliphatic hydroxyl groups excluding tert-OH is 1. The molecule has 2 rings (SSSR count). The van der Waals surface area contributed by atoms with E-state index in [1.807, 2.05) is 58.0 Å². The van der Waals surface area contributed by atoms with Crippen LogP contribution in [0.5, 0.6) is 17.2 Å². The van der Waals surface area contributed by atoms with Crippen molar-refractivity contribution in [2.45, 2.75) is 58.9 Å². The van der Waals surface area contributed by atoms with Crippen LogP contribution in [0.2, 0.25) is 10.0 Å². The van der Waals surface area contributed by atoms with Crippen LogP contribution >= 0.6 is 35.0 Å². The molecule has 0 fully saturated rings. The Morgan fingerprint density at radius 2 is 1.57 bits per heavy atom. The summed E-state index contributed by atoms with van der Waals surface area (Å²) in [5, 5.41) is 11.2. The molecule has 0 aliphatic heterocycles. The number of hydrogen-bond acceptors (Lipinski definition) is 7. The van der Waals surface area contributed by atoms with E-state index in [1.165, 1.54) is 0 Å². The fourth-order valence-electron chi connectivity index (χ4n) is 2.94. The minimum Gasteiger partial charge on any atom is -0.490 e. The molecule has 0 saturated carbocycles. The van der Waals surface area contributed by atoms with E-state index in [0.717, 1.165) is 16.2 Å². The molecule has 35 heavy (non-hydrogen) atoms. The number of aliphatic hydroxyl groups is 1. The van der Waals surface area contributed by atoms with E-state index in [2.05, 4.69) is 11.9 Å². The van der Waals surface area contributed by atoms with Gasteiger partial charge in [0.25, 0.3) is 0 Å². The van der Waals surface area contributed by atoms with Gasteiger partial charge in [0.2, 0.25) is 0 Å². The van der Waals surface area contributed by atoms with Gasteiger partial charge in [-0.25, -0.2) is 0 Å². The zero-order valence-electron chi connectivity index (χ0n) is 21.6. The Morgan fingerprint density at radius 1 is 1.00 bits per heavy atom. The molecular formula is C26H38Cl2N2O4S. The molecule has 0 aliphatic carbocycles. The zero-order valence-corrected chi connectivity index (χ0v) is 23.9. The number of nitrogens with zero attached hydrogens (tertiary/aromatic N) is 1. The van der Waals surface area contributed by atoms with Crippen molar-refractivity contribution in [1.82, 2.24) is 0 Å². The van der Waals surface area contributed by atoms with Crippen molar-refractivity contribution in [2.24, 2.45) is 10.7 Å². The monoisotopic (exact) mass is 544 g/mol. The molecular weight excluding hydrogens is 507 g/mol. The highest BCUT2D eigenvalue weighted by Gasteiger charge is 2.19. The predicted octanol–water partition coefficient (Wildman–Crippen LogP) is 6.77. The van der Waals surface area contributed by atoms with Crippen molar-refractivity contribution in [3.8, 4) is 17.2 Å². The van der Waals surface area contributed by atoms with Gasteiger partial charge >= 0.3 is 0 Å². The summed E-state index contributed by atoms with van der Waals surface area (Å²) in [5.74, 6) is 1.75. The zero-order chi connectivity index (χ0) is 26.5. The lowest BCUT2D eigenvalue weighted by molar-refractivity contribution is 0.131. The number of ether oxygens (including phenoxy) is 3. The number of benzene rings is 2. The Labute approximate surface area is 224 Å². The van der Waals surface area contributed by atoms with Crippen molar-refractivity contribution >= 4 is 40.0 Å². The molecule has 196 valence electrons. The third-order valence-corrected chi connectivity index (χ3v) is 6.64. The fourth-order valence-corrected chi connectivity index (χ4v) is 4.53. The molecule has 9 heteroatoms. The first kappa shape index (κ1) is 31.4. The van der Waals surface area contributed by atoms with E-state index in [0.29, 0.717) is 40.5 Å². The molecule has 0 aliphatic rings.